The van der Waals surface area contributed by atoms with Crippen molar-refractivity contribution >= 4 is 89.6 Å². The number of fused-ring (bicyclic) bond motifs is 2. The topological polar surface area (TPSA) is 340 Å². The van der Waals surface area contributed by atoms with E-state index in [1.165, 1.54) is 51.1 Å². The van der Waals surface area contributed by atoms with E-state index in [9.17, 15) is 55.0 Å². The summed E-state index contributed by atoms with van der Waals surface area (Å²) < 4.78 is 78.5. The van der Waals surface area contributed by atoms with Crippen LogP contribution < -0.4 is 31.9 Å². The lowest BCUT2D eigenvalue weighted by molar-refractivity contribution is -0.145. The number of amides is 4. The van der Waals surface area contributed by atoms with Gasteiger partial charge in [-0.3, -0.25) is 18.7 Å². The van der Waals surface area contributed by atoms with Gasteiger partial charge in [-0.2, -0.15) is 16.8 Å². The smallest absolute Gasteiger partial charge is 0.326 e. The Morgan fingerprint density at radius 1 is 0.681 bits per heavy atom. The summed E-state index contributed by atoms with van der Waals surface area (Å²) in [5.74, 6) is -4.11. The molecule has 0 spiro atoms. The summed E-state index contributed by atoms with van der Waals surface area (Å²) in [6, 6.07) is 13.5. The summed E-state index contributed by atoms with van der Waals surface area (Å²) in [4.78, 5) is 63.3. The van der Waals surface area contributed by atoms with Crippen molar-refractivity contribution in [2.45, 2.75) is 70.2 Å². The summed E-state index contributed by atoms with van der Waals surface area (Å²) in [6.07, 6.45) is -1.24. The second-order valence-corrected chi connectivity index (χ2v) is 18.7. The molecule has 4 aromatic rings. The van der Waals surface area contributed by atoms with Crippen LogP contribution >= 0.6 is 0 Å². The maximum Gasteiger partial charge on any atom is 0.326 e. The zero-order chi connectivity index (χ0) is 50.9. The van der Waals surface area contributed by atoms with Crippen molar-refractivity contribution in [1.82, 2.24) is 10.6 Å². The molecule has 0 fully saturated rings. The third-order valence-electron chi connectivity index (χ3n) is 11.1. The molecule has 362 valence electrons. The summed E-state index contributed by atoms with van der Waals surface area (Å²) in [5, 5.41) is 41.2. The number of aryl methyl sites for hydroxylation is 2. The van der Waals surface area contributed by atoms with Gasteiger partial charge in [0.25, 0.3) is 20.2 Å². The van der Waals surface area contributed by atoms with Gasteiger partial charge in [0.15, 0.2) is 0 Å². The molecule has 0 saturated carbocycles. The van der Waals surface area contributed by atoms with E-state index in [1.54, 1.807) is 44.2 Å². The van der Waals surface area contributed by atoms with E-state index in [-0.39, 0.29) is 63.3 Å². The molecule has 69 heavy (non-hydrogen) atoms. The van der Waals surface area contributed by atoms with Crippen molar-refractivity contribution in [2.24, 2.45) is 4.99 Å². The van der Waals surface area contributed by atoms with Crippen LogP contribution in [0.4, 0.5) is 38.0 Å². The molecular formula is C46H46N6O15S2. The molecule has 1 atom stereocenters. The first-order chi connectivity index (χ1) is 32.3. The highest BCUT2D eigenvalue weighted by atomic mass is 32.2. The molecule has 6 rings (SSSR count). The molecule has 1 aliphatic heterocycles. The van der Waals surface area contributed by atoms with Gasteiger partial charge in [0.1, 0.15) is 27.2 Å². The van der Waals surface area contributed by atoms with Gasteiger partial charge < -0.3 is 46.3 Å². The normalized spacial score (nSPS) is 12.4. The zero-order valence-corrected chi connectivity index (χ0v) is 39.3. The second kappa shape index (κ2) is 19.8. The van der Waals surface area contributed by atoms with Gasteiger partial charge in [-0.05, 0) is 105 Å². The highest BCUT2D eigenvalue weighted by Gasteiger charge is 2.29. The third kappa shape index (κ3) is 11.1. The Hall–Kier alpha value is -7.86. The molecule has 10 N–H and O–H groups in total. The minimum atomic E-state index is -5.00. The molecular weight excluding hydrogens is 941 g/mol. The Morgan fingerprint density at radius 3 is 1.99 bits per heavy atom. The molecule has 0 saturated heterocycles. The average molecular weight is 987 g/mol. The number of carboxylic acid groups (broad SMARTS) is 3. The quantitative estimate of drug-likeness (QED) is 0.0360. The van der Waals surface area contributed by atoms with Crippen LogP contribution in [0.2, 0.25) is 0 Å². The summed E-state index contributed by atoms with van der Waals surface area (Å²) in [7, 11) is -9.79. The van der Waals surface area contributed by atoms with Crippen molar-refractivity contribution in [3.63, 3.8) is 0 Å². The standard InChI is InChI=1S/C46H46N6O15S2/c1-21-17-22(2)40(51-45(59)47-16-15-36(53)54)23(3)39(21)48-27-11-13-29-33(18-27)67-34-19-28(12-14-30(34)38(29)31-9-7-8-10-35(31)68(61,62)63)49-41-24(4)42(26(6)43(25(41)5)69(64,65)66)52-46(60)50-32(44(57)58)20-37(55)56/h7-14,17-19,32,48H,15-16,20H2,1-6H3,(H,53,54)(H,55,56)(H,57,58)(H2,47,51,59)(H2,50,52,60)(H,61,62,63)(H,64,65,66). The lowest BCUT2D eigenvalue weighted by Crippen LogP contribution is -2.44. The fourth-order valence-electron chi connectivity index (χ4n) is 8.11. The number of aliphatic carboxylic acids is 3. The summed E-state index contributed by atoms with van der Waals surface area (Å²) >= 11 is 0. The van der Waals surface area contributed by atoms with Gasteiger partial charge in [0.2, 0.25) is 0 Å². The first kappa shape index (κ1) is 50.6. The SMILES string of the molecule is Cc1cc(C)c(Nc2ccc3c(-c4ccccc4S(=O)(=O)O)c4ccc(=Nc5c(C)c(NC(=O)NC(CC(=O)O)C(=O)O)c(C)c(S(=O)(=O)O)c5C)cc-4oc3c2)c(C)c1NC(=O)NCCC(=O)O. The molecule has 4 aromatic carbocycles. The van der Waals surface area contributed by atoms with Crippen LogP contribution in [-0.2, 0) is 34.6 Å². The van der Waals surface area contributed by atoms with E-state index in [2.05, 4.69) is 21.3 Å². The minimum Gasteiger partial charge on any atom is -0.481 e. The van der Waals surface area contributed by atoms with Crippen LogP contribution in [0.3, 0.4) is 0 Å². The minimum absolute atomic E-state index is 0.0411. The van der Waals surface area contributed by atoms with Crippen LogP contribution in [0, 0.1) is 41.5 Å². The van der Waals surface area contributed by atoms with E-state index >= 15 is 0 Å². The molecule has 21 nitrogen and oxygen atoms in total. The van der Waals surface area contributed by atoms with Gasteiger partial charge >= 0.3 is 30.0 Å². The van der Waals surface area contributed by atoms with Crippen LogP contribution in [0.15, 0.2) is 85.9 Å². The average Bonchev–Trinajstić information content (AvgIpc) is 3.24. The number of benzene rings is 5. The third-order valence-corrected chi connectivity index (χ3v) is 13.1. The fourth-order valence-corrected chi connectivity index (χ4v) is 9.78. The predicted molar refractivity (Wildman–Crippen MR) is 253 cm³/mol. The molecule has 1 unspecified atom stereocenters. The number of hydrogen-bond acceptors (Lipinski definition) is 12. The maximum atomic E-state index is 13.1. The highest BCUT2D eigenvalue weighted by molar-refractivity contribution is 7.86. The predicted octanol–water partition coefficient (Wildman–Crippen LogP) is 7.17. The summed E-state index contributed by atoms with van der Waals surface area (Å²) in [6.45, 7) is 9.47. The zero-order valence-electron chi connectivity index (χ0n) is 37.6. The van der Waals surface area contributed by atoms with Gasteiger partial charge in [-0.1, -0.05) is 24.3 Å². The van der Waals surface area contributed by atoms with Crippen molar-refractivity contribution in [1.29, 1.82) is 0 Å². The number of hydrogen-bond donors (Lipinski definition) is 10. The van der Waals surface area contributed by atoms with Gasteiger partial charge in [0.05, 0.1) is 35.3 Å². The molecule has 0 aromatic heterocycles. The van der Waals surface area contributed by atoms with E-state index in [0.29, 0.717) is 39.1 Å². The van der Waals surface area contributed by atoms with E-state index in [4.69, 9.17) is 19.6 Å². The molecule has 1 aliphatic carbocycles. The van der Waals surface area contributed by atoms with Gasteiger partial charge in [-0.15, -0.1) is 0 Å². The molecule has 23 heteroatoms. The van der Waals surface area contributed by atoms with Crippen molar-refractivity contribution in [2.75, 3.05) is 22.5 Å². The number of carbonyl (C=O) groups excluding carboxylic acids is 2. The first-order valence-corrected chi connectivity index (χ1v) is 23.5. The largest absolute Gasteiger partial charge is 0.481 e. The Kier molecular flexibility index (Phi) is 14.5. The number of carbonyl (C=O) groups is 5. The first-order valence-electron chi connectivity index (χ1n) is 20.7. The van der Waals surface area contributed by atoms with E-state index < -0.39 is 72.5 Å². The monoisotopic (exact) mass is 986 g/mol. The van der Waals surface area contributed by atoms with E-state index in [0.717, 1.165) is 11.1 Å². The number of urea groups is 2. The Morgan fingerprint density at radius 2 is 1.35 bits per heavy atom. The number of anilines is 4. The number of rotatable bonds is 15. The number of nitrogens with one attached hydrogen (secondary N) is 5. The Bertz CT molecular complexity index is 3410. The van der Waals surface area contributed by atoms with E-state index in [1.807, 2.05) is 18.3 Å². The van der Waals surface area contributed by atoms with Crippen molar-refractivity contribution in [3.05, 3.63) is 105 Å². The van der Waals surface area contributed by atoms with Crippen molar-refractivity contribution < 1.29 is 69.7 Å². The highest BCUT2D eigenvalue weighted by Crippen LogP contribution is 2.44. The molecule has 4 amide bonds. The molecule has 0 bridgehead atoms. The Labute approximate surface area is 394 Å². The molecule has 2 aliphatic rings. The lowest BCUT2D eigenvalue weighted by Gasteiger charge is -2.21. The maximum absolute atomic E-state index is 13.1. The number of nitrogens with zero attached hydrogens (tertiary/aromatic N) is 1. The second-order valence-electron chi connectivity index (χ2n) is 16.0. The van der Waals surface area contributed by atoms with Crippen LogP contribution in [0.1, 0.15) is 46.2 Å². The van der Waals surface area contributed by atoms with Gasteiger partial charge in [0, 0.05) is 52.1 Å². The molecule has 0 radical (unpaired) electrons. The van der Waals surface area contributed by atoms with Crippen LogP contribution in [0.5, 0.6) is 0 Å². The van der Waals surface area contributed by atoms with Crippen molar-refractivity contribution in [3.8, 4) is 22.5 Å². The van der Waals surface area contributed by atoms with Crippen LogP contribution in [-0.4, -0.2) is 83.8 Å². The lowest BCUT2D eigenvalue weighted by atomic mass is 9.93. The van der Waals surface area contributed by atoms with Crippen LogP contribution in [0.25, 0.3) is 33.4 Å². The summed E-state index contributed by atoms with van der Waals surface area (Å²) in [5.41, 5.74) is 4.49. The Balaban J connectivity index is 1.54. The van der Waals surface area contributed by atoms with Gasteiger partial charge in [-0.25, -0.2) is 19.4 Å². The fraction of sp³-hybridized carbons (Fsp3) is 0.217. The molecule has 1 heterocycles. The number of carboxylic acids is 3.